The molecule has 1 unspecified atom stereocenters. The van der Waals surface area contributed by atoms with Crippen LogP contribution in [0.4, 0.5) is 0 Å². The molecule has 1 saturated heterocycles. The summed E-state index contributed by atoms with van der Waals surface area (Å²) in [6, 6.07) is 4.79. The van der Waals surface area contributed by atoms with Crippen LogP contribution in [0.25, 0.3) is 0 Å². The summed E-state index contributed by atoms with van der Waals surface area (Å²) in [5.41, 5.74) is 0. The lowest BCUT2D eigenvalue weighted by Crippen LogP contribution is -2.14. The van der Waals surface area contributed by atoms with Crippen LogP contribution in [0, 0.1) is 0 Å². The van der Waals surface area contributed by atoms with Gasteiger partial charge in [-0.1, -0.05) is 11.6 Å². The Balaban J connectivity index is 2.08. The summed E-state index contributed by atoms with van der Waals surface area (Å²) < 4.78 is 5.70. The molecule has 1 N–H and O–H groups in total. The molecule has 0 bridgehead atoms. The van der Waals surface area contributed by atoms with Crippen LogP contribution in [0.5, 0.6) is 11.5 Å². The second kappa shape index (κ2) is 4.32. The van der Waals surface area contributed by atoms with Crippen molar-refractivity contribution in [2.45, 2.75) is 12.5 Å². The molecule has 0 saturated carbocycles. The summed E-state index contributed by atoms with van der Waals surface area (Å²) in [5.74, 6) is 3.01. The first-order valence-electron chi connectivity index (χ1n) is 4.48. The second-order valence-corrected chi connectivity index (χ2v) is 4.78. The first kappa shape index (κ1) is 9.99. The molecule has 4 heteroatoms. The van der Waals surface area contributed by atoms with Crippen LogP contribution >= 0.6 is 23.4 Å². The van der Waals surface area contributed by atoms with Crippen molar-refractivity contribution in [1.29, 1.82) is 0 Å². The molecule has 2 nitrogen and oxygen atoms in total. The van der Waals surface area contributed by atoms with E-state index in [1.54, 1.807) is 12.1 Å². The molecule has 1 aromatic rings. The first-order chi connectivity index (χ1) is 6.75. The van der Waals surface area contributed by atoms with Crippen molar-refractivity contribution in [3.05, 3.63) is 23.2 Å². The molecule has 1 heterocycles. The molecule has 2 rings (SSSR count). The van der Waals surface area contributed by atoms with Crippen molar-refractivity contribution in [3.8, 4) is 11.5 Å². The maximum Gasteiger partial charge on any atom is 0.138 e. The van der Waals surface area contributed by atoms with Gasteiger partial charge in [-0.15, -0.1) is 0 Å². The minimum absolute atomic E-state index is 0.170. The molecule has 1 aliphatic rings. The standard InChI is InChI=1S/C10H11ClO2S/c11-9-5-7(12)1-2-10(9)13-8-3-4-14-6-8/h1-2,5,8,12H,3-4,6H2. The Bertz CT molecular complexity index is 324. The SMILES string of the molecule is Oc1ccc(OC2CCSC2)c(Cl)c1. The Kier molecular flexibility index (Phi) is 3.08. The number of thioether (sulfide) groups is 1. The van der Waals surface area contributed by atoms with Crippen LogP contribution in [0.1, 0.15) is 6.42 Å². The highest BCUT2D eigenvalue weighted by Gasteiger charge is 2.18. The quantitative estimate of drug-likeness (QED) is 0.847. The minimum Gasteiger partial charge on any atom is -0.508 e. The summed E-state index contributed by atoms with van der Waals surface area (Å²) in [4.78, 5) is 0. The Labute approximate surface area is 92.2 Å². The smallest absolute Gasteiger partial charge is 0.138 e. The van der Waals surface area contributed by atoms with Crippen LogP contribution < -0.4 is 4.74 Å². The van der Waals surface area contributed by atoms with Gasteiger partial charge in [0.2, 0.25) is 0 Å². The highest BCUT2D eigenvalue weighted by molar-refractivity contribution is 7.99. The van der Waals surface area contributed by atoms with Crippen molar-refractivity contribution >= 4 is 23.4 Å². The number of aromatic hydroxyl groups is 1. The molecule has 1 aromatic carbocycles. The number of rotatable bonds is 2. The van der Waals surface area contributed by atoms with Gasteiger partial charge in [-0.2, -0.15) is 11.8 Å². The van der Waals surface area contributed by atoms with Crippen molar-refractivity contribution in [1.82, 2.24) is 0 Å². The number of hydrogen-bond donors (Lipinski definition) is 1. The van der Waals surface area contributed by atoms with Crippen LogP contribution in [0.3, 0.4) is 0 Å². The third-order valence-electron chi connectivity index (χ3n) is 2.10. The number of phenolic OH excluding ortho intramolecular Hbond substituents is 1. The topological polar surface area (TPSA) is 29.5 Å². The van der Waals surface area contributed by atoms with Gasteiger partial charge in [0.1, 0.15) is 17.6 Å². The molecule has 14 heavy (non-hydrogen) atoms. The van der Waals surface area contributed by atoms with E-state index in [-0.39, 0.29) is 11.9 Å². The normalized spacial score (nSPS) is 21.1. The maximum atomic E-state index is 9.15. The fourth-order valence-electron chi connectivity index (χ4n) is 1.37. The summed E-state index contributed by atoms with van der Waals surface area (Å²) in [7, 11) is 0. The largest absolute Gasteiger partial charge is 0.508 e. The lowest BCUT2D eigenvalue weighted by Gasteiger charge is -2.13. The molecule has 0 radical (unpaired) electrons. The molecule has 1 aliphatic heterocycles. The van der Waals surface area contributed by atoms with Crippen molar-refractivity contribution in [2.75, 3.05) is 11.5 Å². The number of hydrogen-bond acceptors (Lipinski definition) is 3. The molecule has 0 amide bonds. The van der Waals surface area contributed by atoms with E-state index < -0.39 is 0 Å². The highest BCUT2D eigenvalue weighted by Crippen LogP contribution is 2.31. The summed E-state index contributed by atoms with van der Waals surface area (Å²) in [6.07, 6.45) is 1.34. The van der Waals surface area contributed by atoms with Gasteiger partial charge in [-0.3, -0.25) is 0 Å². The molecular weight excluding hydrogens is 220 g/mol. The average Bonchev–Trinajstić information content (AvgIpc) is 2.62. The van der Waals surface area contributed by atoms with Gasteiger partial charge in [-0.25, -0.2) is 0 Å². The fourth-order valence-corrected chi connectivity index (χ4v) is 2.68. The first-order valence-corrected chi connectivity index (χ1v) is 6.02. The van der Waals surface area contributed by atoms with Crippen LogP contribution in [0.15, 0.2) is 18.2 Å². The molecule has 76 valence electrons. The van der Waals surface area contributed by atoms with E-state index in [0.717, 1.165) is 17.9 Å². The zero-order chi connectivity index (χ0) is 9.97. The molecule has 1 atom stereocenters. The van der Waals surface area contributed by atoms with Crippen LogP contribution in [-0.2, 0) is 0 Å². The van der Waals surface area contributed by atoms with Crippen molar-refractivity contribution in [3.63, 3.8) is 0 Å². The third kappa shape index (κ3) is 2.28. The van der Waals surface area contributed by atoms with E-state index in [9.17, 15) is 0 Å². The van der Waals surface area contributed by atoms with Crippen molar-refractivity contribution in [2.24, 2.45) is 0 Å². The zero-order valence-electron chi connectivity index (χ0n) is 7.57. The van der Waals surface area contributed by atoms with Gasteiger partial charge in [0.15, 0.2) is 0 Å². The number of phenols is 1. The summed E-state index contributed by atoms with van der Waals surface area (Å²) in [6.45, 7) is 0. The average molecular weight is 231 g/mol. The molecular formula is C10H11ClO2S. The van der Waals surface area contributed by atoms with Gasteiger partial charge in [-0.05, 0) is 24.3 Å². The van der Waals surface area contributed by atoms with E-state index in [2.05, 4.69) is 0 Å². The van der Waals surface area contributed by atoms with Gasteiger partial charge in [0, 0.05) is 11.8 Å². The second-order valence-electron chi connectivity index (χ2n) is 3.22. The maximum absolute atomic E-state index is 9.15. The predicted octanol–water partition coefficient (Wildman–Crippen LogP) is 2.93. The van der Waals surface area contributed by atoms with E-state index in [0.29, 0.717) is 10.8 Å². The van der Waals surface area contributed by atoms with Gasteiger partial charge in [0.25, 0.3) is 0 Å². The predicted molar refractivity (Wildman–Crippen MR) is 59.5 cm³/mol. The monoisotopic (exact) mass is 230 g/mol. The van der Waals surface area contributed by atoms with Gasteiger partial charge < -0.3 is 9.84 Å². The van der Waals surface area contributed by atoms with E-state index >= 15 is 0 Å². The van der Waals surface area contributed by atoms with Crippen LogP contribution in [0.2, 0.25) is 5.02 Å². The number of halogens is 1. The number of ether oxygens (including phenoxy) is 1. The highest BCUT2D eigenvalue weighted by atomic mass is 35.5. The Morgan fingerprint density at radius 2 is 2.36 bits per heavy atom. The Morgan fingerprint density at radius 1 is 1.50 bits per heavy atom. The van der Waals surface area contributed by atoms with Crippen LogP contribution in [-0.4, -0.2) is 22.7 Å². The lowest BCUT2D eigenvalue weighted by molar-refractivity contribution is 0.229. The molecule has 0 aromatic heterocycles. The number of benzene rings is 1. The zero-order valence-corrected chi connectivity index (χ0v) is 9.14. The molecule has 0 spiro atoms. The fraction of sp³-hybridized carbons (Fsp3) is 0.400. The van der Waals surface area contributed by atoms with E-state index in [1.165, 1.54) is 6.07 Å². The molecule has 0 aliphatic carbocycles. The minimum atomic E-state index is 0.170. The Morgan fingerprint density at radius 3 is 3.00 bits per heavy atom. The Hall–Kier alpha value is -0.540. The van der Waals surface area contributed by atoms with Gasteiger partial charge in [0.05, 0.1) is 5.02 Å². The third-order valence-corrected chi connectivity index (χ3v) is 3.52. The lowest BCUT2D eigenvalue weighted by atomic mass is 10.3. The van der Waals surface area contributed by atoms with E-state index in [1.807, 2.05) is 11.8 Å². The summed E-state index contributed by atoms with van der Waals surface area (Å²) in [5, 5.41) is 9.63. The molecule has 1 fully saturated rings. The summed E-state index contributed by atoms with van der Waals surface area (Å²) >= 11 is 7.81. The van der Waals surface area contributed by atoms with Gasteiger partial charge >= 0.3 is 0 Å². The van der Waals surface area contributed by atoms with Crippen molar-refractivity contribution < 1.29 is 9.84 Å². The van der Waals surface area contributed by atoms with E-state index in [4.69, 9.17) is 21.4 Å².